The van der Waals surface area contributed by atoms with Crippen LogP contribution in [0.1, 0.15) is 18.5 Å². The van der Waals surface area contributed by atoms with E-state index in [4.69, 9.17) is 5.73 Å². The molecule has 3 aromatic heterocycles. The number of aromatic amines is 1. The van der Waals surface area contributed by atoms with Crippen LogP contribution in [0.5, 0.6) is 0 Å². The van der Waals surface area contributed by atoms with Gasteiger partial charge in [-0.05, 0) is 18.6 Å². The van der Waals surface area contributed by atoms with E-state index in [9.17, 15) is 0 Å². The third kappa shape index (κ3) is 2.17. The molecule has 0 aliphatic heterocycles. The molecule has 1 atom stereocenters. The number of rotatable bonds is 3. The van der Waals surface area contributed by atoms with E-state index in [2.05, 4.69) is 30.2 Å². The zero-order valence-corrected chi connectivity index (χ0v) is 10.3. The van der Waals surface area contributed by atoms with Crippen LogP contribution >= 0.6 is 0 Å². The number of H-pyrrole nitrogens is 1. The number of nitrogens with one attached hydrogen (secondary N) is 2. The zero-order chi connectivity index (χ0) is 13.2. The smallest absolute Gasteiger partial charge is 0.224 e. The van der Waals surface area contributed by atoms with E-state index in [1.54, 1.807) is 12.5 Å². The van der Waals surface area contributed by atoms with Gasteiger partial charge in [0.1, 0.15) is 5.52 Å². The van der Waals surface area contributed by atoms with Gasteiger partial charge < -0.3 is 16.0 Å². The Morgan fingerprint density at radius 3 is 3.05 bits per heavy atom. The van der Waals surface area contributed by atoms with Gasteiger partial charge in [0.15, 0.2) is 11.5 Å². The van der Waals surface area contributed by atoms with Gasteiger partial charge in [0.2, 0.25) is 5.95 Å². The highest BCUT2D eigenvalue weighted by atomic mass is 15.1. The lowest BCUT2D eigenvalue weighted by molar-refractivity contribution is 0.867. The molecule has 0 saturated heterocycles. The number of nitrogens with zero attached hydrogens (tertiary/aromatic N) is 4. The number of fused-ring (bicyclic) bond motifs is 1. The summed E-state index contributed by atoms with van der Waals surface area (Å²) >= 11 is 0. The maximum Gasteiger partial charge on any atom is 0.224 e. The topological polar surface area (TPSA) is 105 Å². The highest BCUT2D eigenvalue weighted by Crippen LogP contribution is 2.22. The van der Waals surface area contributed by atoms with Crippen LogP contribution in [0.4, 0.5) is 11.8 Å². The van der Waals surface area contributed by atoms with E-state index in [1.165, 1.54) is 0 Å². The summed E-state index contributed by atoms with van der Waals surface area (Å²) in [5.74, 6) is 0.830. The van der Waals surface area contributed by atoms with Crippen LogP contribution in [0, 0.1) is 0 Å². The molecule has 0 fully saturated rings. The van der Waals surface area contributed by atoms with Crippen molar-refractivity contribution < 1.29 is 0 Å². The van der Waals surface area contributed by atoms with Crippen molar-refractivity contribution in [1.82, 2.24) is 24.9 Å². The lowest BCUT2D eigenvalue weighted by Crippen LogP contribution is -2.10. The Labute approximate surface area is 109 Å². The fourth-order valence-corrected chi connectivity index (χ4v) is 1.88. The molecule has 0 radical (unpaired) electrons. The summed E-state index contributed by atoms with van der Waals surface area (Å²) in [5.41, 5.74) is 8.02. The SMILES string of the molecule is CC(Nc1nc(N)nc2nc[nH]c12)c1cccnc1. The van der Waals surface area contributed by atoms with Crippen LogP contribution in [0.2, 0.25) is 0 Å². The van der Waals surface area contributed by atoms with Crippen LogP contribution in [0.15, 0.2) is 30.9 Å². The quantitative estimate of drug-likeness (QED) is 0.655. The summed E-state index contributed by atoms with van der Waals surface area (Å²) in [4.78, 5) is 19.4. The second-order valence-corrected chi connectivity index (χ2v) is 4.18. The normalized spacial score (nSPS) is 12.5. The summed E-state index contributed by atoms with van der Waals surface area (Å²) in [6.45, 7) is 2.03. The first kappa shape index (κ1) is 11.4. The Morgan fingerprint density at radius 2 is 2.26 bits per heavy atom. The van der Waals surface area contributed by atoms with Crippen LogP contribution in [0.3, 0.4) is 0 Å². The van der Waals surface area contributed by atoms with Crippen molar-refractivity contribution in [2.24, 2.45) is 0 Å². The highest BCUT2D eigenvalue weighted by Gasteiger charge is 2.12. The number of anilines is 2. The van der Waals surface area contributed by atoms with Gasteiger partial charge in [-0.2, -0.15) is 9.97 Å². The van der Waals surface area contributed by atoms with Crippen molar-refractivity contribution in [1.29, 1.82) is 0 Å². The highest BCUT2D eigenvalue weighted by molar-refractivity contribution is 5.83. The molecule has 0 saturated carbocycles. The van der Waals surface area contributed by atoms with Crippen LogP contribution in [-0.4, -0.2) is 24.9 Å². The molecule has 0 aromatic carbocycles. The van der Waals surface area contributed by atoms with Gasteiger partial charge in [0, 0.05) is 12.4 Å². The van der Waals surface area contributed by atoms with E-state index in [1.807, 2.05) is 25.3 Å². The molecule has 3 heterocycles. The summed E-state index contributed by atoms with van der Waals surface area (Å²) in [7, 11) is 0. The van der Waals surface area contributed by atoms with E-state index in [0.29, 0.717) is 11.5 Å². The summed E-state index contributed by atoms with van der Waals surface area (Å²) in [6.07, 6.45) is 5.12. The fourth-order valence-electron chi connectivity index (χ4n) is 1.88. The summed E-state index contributed by atoms with van der Waals surface area (Å²) < 4.78 is 0. The second-order valence-electron chi connectivity index (χ2n) is 4.18. The average Bonchev–Trinajstić information content (AvgIpc) is 2.88. The first-order chi connectivity index (χ1) is 9.24. The number of aromatic nitrogens is 5. The van der Waals surface area contributed by atoms with Gasteiger partial charge in [-0.3, -0.25) is 4.98 Å². The molecule has 7 nitrogen and oxygen atoms in total. The number of hydrogen-bond donors (Lipinski definition) is 3. The first-order valence-corrected chi connectivity index (χ1v) is 5.87. The van der Waals surface area contributed by atoms with E-state index in [-0.39, 0.29) is 12.0 Å². The lowest BCUT2D eigenvalue weighted by atomic mass is 10.1. The molecule has 7 heteroatoms. The van der Waals surface area contributed by atoms with Crippen molar-refractivity contribution in [3.05, 3.63) is 36.4 Å². The molecular weight excluding hydrogens is 242 g/mol. The Bertz CT molecular complexity index is 692. The number of nitrogens with two attached hydrogens (primary N) is 1. The van der Waals surface area contributed by atoms with E-state index < -0.39 is 0 Å². The van der Waals surface area contributed by atoms with Gasteiger partial charge in [0.25, 0.3) is 0 Å². The van der Waals surface area contributed by atoms with Crippen LogP contribution in [0.25, 0.3) is 11.2 Å². The minimum absolute atomic E-state index is 0.0505. The van der Waals surface area contributed by atoms with Gasteiger partial charge in [-0.25, -0.2) is 4.98 Å². The molecule has 0 aliphatic carbocycles. The van der Waals surface area contributed by atoms with E-state index in [0.717, 1.165) is 11.1 Å². The molecule has 0 aliphatic rings. The number of nitrogen functional groups attached to an aromatic ring is 1. The van der Waals surface area contributed by atoms with Crippen molar-refractivity contribution in [3.63, 3.8) is 0 Å². The Kier molecular flexibility index (Phi) is 2.71. The standard InChI is InChI=1S/C12H13N7/c1-7(8-3-2-4-14-5-8)17-11-9-10(16-6-15-9)18-12(13)19-11/h2-7H,1H3,(H4,13,15,16,17,18,19). The minimum atomic E-state index is 0.0505. The molecule has 1 unspecified atom stereocenters. The summed E-state index contributed by atoms with van der Waals surface area (Å²) in [5, 5.41) is 3.29. The van der Waals surface area contributed by atoms with Gasteiger partial charge in [-0.15, -0.1) is 0 Å². The number of imidazole rings is 1. The van der Waals surface area contributed by atoms with Crippen LogP contribution < -0.4 is 11.1 Å². The van der Waals surface area contributed by atoms with Gasteiger partial charge >= 0.3 is 0 Å². The lowest BCUT2D eigenvalue weighted by Gasteiger charge is -2.14. The largest absolute Gasteiger partial charge is 0.368 e. The maximum absolute atomic E-state index is 5.67. The van der Waals surface area contributed by atoms with Crippen LogP contribution in [-0.2, 0) is 0 Å². The number of hydrogen-bond acceptors (Lipinski definition) is 6. The molecule has 4 N–H and O–H groups in total. The zero-order valence-electron chi connectivity index (χ0n) is 10.3. The Hall–Kier alpha value is -2.70. The molecule has 3 rings (SSSR count). The Morgan fingerprint density at radius 1 is 1.37 bits per heavy atom. The molecule has 0 spiro atoms. The number of pyridine rings is 1. The van der Waals surface area contributed by atoms with E-state index >= 15 is 0 Å². The summed E-state index contributed by atoms with van der Waals surface area (Å²) in [6, 6.07) is 3.95. The third-order valence-corrected chi connectivity index (χ3v) is 2.84. The third-order valence-electron chi connectivity index (χ3n) is 2.84. The second kappa shape index (κ2) is 4.52. The van der Waals surface area contributed by atoms with Crippen molar-refractivity contribution >= 4 is 22.9 Å². The minimum Gasteiger partial charge on any atom is -0.368 e. The first-order valence-electron chi connectivity index (χ1n) is 5.87. The predicted molar refractivity (Wildman–Crippen MR) is 72.4 cm³/mol. The maximum atomic E-state index is 5.67. The monoisotopic (exact) mass is 255 g/mol. The van der Waals surface area contributed by atoms with Crippen molar-refractivity contribution in [2.45, 2.75) is 13.0 Å². The molecule has 19 heavy (non-hydrogen) atoms. The fraction of sp³-hybridized carbons (Fsp3) is 0.167. The molecule has 0 bridgehead atoms. The van der Waals surface area contributed by atoms with Crippen molar-refractivity contribution in [3.8, 4) is 0 Å². The van der Waals surface area contributed by atoms with Gasteiger partial charge in [0.05, 0.1) is 12.4 Å². The Balaban J connectivity index is 1.95. The van der Waals surface area contributed by atoms with Gasteiger partial charge in [-0.1, -0.05) is 6.07 Å². The molecule has 96 valence electrons. The molecular formula is C12H13N7. The average molecular weight is 255 g/mol. The predicted octanol–water partition coefficient (Wildman–Crippen LogP) is 1.50. The molecule has 3 aromatic rings. The molecule has 0 amide bonds. The van der Waals surface area contributed by atoms with Crippen molar-refractivity contribution in [2.75, 3.05) is 11.1 Å².